The molecule has 18 heavy (non-hydrogen) atoms. The summed E-state index contributed by atoms with van der Waals surface area (Å²) in [6, 6.07) is 3.87. The molecule has 100 valence electrons. The Bertz CT molecular complexity index is 405. The van der Waals surface area contributed by atoms with Crippen LogP contribution in [0, 0.1) is 0 Å². The minimum Gasteiger partial charge on any atom is -0.341 e. The lowest BCUT2D eigenvalue weighted by molar-refractivity contribution is -0.133. The summed E-state index contributed by atoms with van der Waals surface area (Å²) in [7, 11) is 2.09. The molecule has 1 fully saturated rings. The van der Waals surface area contributed by atoms with Crippen LogP contribution in [0.2, 0.25) is 0 Å². The van der Waals surface area contributed by atoms with Gasteiger partial charge in [0.2, 0.25) is 5.91 Å². The first kappa shape index (κ1) is 13.1. The van der Waals surface area contributed by atoms with E-state index in [0.717, 1.165) is 31.9 Å². The standard InChI is InChI=1S/C13H22N4O/c1-11(14)12-4-3-5-17(12)10-13(18)16-8-6-15(2)7-9-16/h3-5,11H,6-10,14H2,1-2H3. The van der Waals surface area contributed by atoms with Crippen molar-refractivity contribution in [3.8, 4) is 0 Å². The molecule has 1 aromatic heterocycles. The number of rotatable bonds is 3. The lowest BCUT2D eigenvalue weighted by Crippen LogP contribution is -2.48. The van der Waals surface area contributed by atoms with E-state index in [-0.39, 0.29) is 11.9 Å². The van der Waals surface area contributed by atoms with Gasteiger partial charge >= 0.3 is 0 Å². The van der Waals surface area contributed by atoms with Crippen LogP contribution in [0.5, 0.6) is 0 Å². The number of carbonyl (C=O) groups is 1. The van der Waals surface area contributed by atoms with Crippen LogP contribution in [0.4, 0.5) is 0 Å². The van der Waals surface area contributed by atoms with Crippen molar-refractivity contribution in [2.24, 2.45) is 5.73 Å². The smallest absolute Gasteiger partial charge is 0.242 e. The minimum absolute atomic E-state index is 0.0414. The molecule has 1 aliphatic heterocycles. The lowest BCUT2D eigenvalue weighted by Gasteiger charge is -2.32. The summed E-state index contributed by atoms with van der Waals surface area (Å²) in [5, 5.41) is 0. The van der Waals surface area contributed by atoms with Gasteiger partial charge in [0, 0.05) is 44.1 Å². The van der Waals surface area contributed by atoms with Crippen molar-refractivity contribution in [2.75, 3.05) is 33.2 Å². The van der Waals surface area contributed by atoms with E-state index in [0.29, 0.717) is 6.54 Å². The maximum atomic E-state index is 12.2. The van der Waals surface area contributed by atoms with Gasteiger partial charge in [0.1, 0.15) is 6.54 Å². The number of carbonyl (C=O) groups excluding carboxylic acids is 1. The summed E-state index contributed by atoms with van der Waals surface area (Å²) in [6.45, 7) is 5.89. The fourth-order valence-electron chi connectivity index (χ4n) is 2.29. The number of nitrogens with two attached hydrogens (primary N) is 1. The van der Waals surface area contributed by atoms with E-state index in [1.165, 1.54) is 0 Å². The van der Waals surface area contributed by atoms with Crippen LogP contribution in [0.3, 0.4) is 0 Å². The fraction of sp³-hybridized carbons (Fsp3) is 0.615. The average molecular weight is 250 g/mol. The van der Waals surface area contributed by atoms with Gasteiger partial charge in [-0.25, -0.2) is 0 Å². The number of piperazine rings is 1. The second-order valence-electron chi connectivity index (χ2n) is 5.03. The normalized spacial score (nSPS) is 18.9. The van der Waals surface area contributed by atoms with Crippen molar-refractivity contribution in [1.82, 2.24) is 14.4 Å². The first-order valence-corrected chi connectivity index (χ1v) is 6.45. The second kappa shape index (κ2) is 5.54. The van der Waals surface area contributed by atoms with E-state index in [1.807, 2.05) is 34.7 Å². The molecule has 1 saturated heterocycles. The Kier molecular flexibility index (Phi) is 4.04. The van der Waals surface area contributed by atoms with Crippen molar-refractivity contribution in [3.05, 3.63) is 24.0 Å². The third-order valence-corrected chi connectivity index (χ3v) is 3.49. The number of likely N-dealkylation sites (N-methyl/N-ethyl adjacent to an activating group) is 1. The highest BCUT2D eigenvalue weighted by Crippen LogP contribution is 2.11. The van der Waals surface area contributed by atoms with E-state index >= 15 is 0 Å². The van der Waals surface area contributed by atoms with Crippen LogP contribution < -0.4 is 5.73 Å². The fourth-order valence-corrected chi connectivity index (χ4v) is 2.29. The van der Waals surface area contributed by atoms with Gasteiger partial charge in [0.15, 0.2) is 0 Å². The molecule has 5 heteroatoms. The first-order valence-electron chi connectivity index (χ1n) is 6.45. The summed E-state index contributed by atoms with van der Waals surface area (Å²) < 4.78 is 1.95. The molecule has 1 aliphatic rings. The average Bonchev–Trinajstić information content (AvgIpc) is 2.78. The van der Waals surface area contributed by atoms with Crippen molar-refractivity contribution >= 4 is 5.91 Å². The molecule has 1 atom stereocenters. The molecular formula is C13H22N4O. The summed E-state index contributed by atoms with van der Waals surface area (Å²) in [4.78, 5) is 16.4. The zero-order chi connectivity index (χ0) is 13.1. The van der Waals surface area contributed by atoms with Gasteiger partial charge in [-0.05, 0) is 26.1 Å². The Morgan fingerprint density at radius 3 is 2.67 bits per heavy atom. The molecule has 1 amide bonds. The molecule has 1 aromatic rings. The summed E-state index contributed by atoms with van der Waals surface area (Å²) >= 11 is 0. The zero-order valence-corrected chi connectivity index (χ0v) is 11.2. The predicted octanol–water partition coefficient (Wildman–Crippen LogP) is 0.282. The van der Waals surface area contributed by atoms with E-state index in [2.05, 4.69) is 11.9 Å². The number of amides is 1. The molecule has 5 nitrogen and oxygen atoms in total. The number of nitrogens with zero attached hydrogens (tertiary/aromatic N) is 3. The van der Waals surface area contributed by atoms with Crippen molar-refractivity contribution in [1.29, 1.82) is 0 Å². The SMILES string of the molecule is CC(N)c1cccn1CC(=O)N1CCN(C)CC1. The Labute approximate surface area is 108 Å². The molecule has 0 radical (unpaired) electrons. The van der Waals surface area contributed by atoms with Gasteiger partial charge in [0.25, 0.3) is 0 Å². The third-order valence-electron chi connectivity index (χ3n) is 3.49. The molecule has 0 saturated carbocycles. The van der Waals surface area contributed by atoms with Gasteiger partial charge in [0.05, 0.1) is 0 Å². The summed E-state index contributed by atoms with van der Waals surface area (Å²) in [5.41, 5.74) is 6.89. The molecular weight excluding hydrogens is 228 g/mol. The molecule has 0 spiro atoms. The van der Waals surface area contributed by atoms with Crippen molar-refractivity contribution in [2.45, 2.75) is 19.5 Å². The largest absolute Gasteiger partial charge is 0.341 e. The first-order chi connectivity index (χ1) is 8.58. The van der Waals surface area contributed by atoms with E-state index in [1.54, 1.807) is 0 Å². The van der Waals surface area contributed by atoms with E-state index < -0.39 is 0 Å². The predicted molar refractivity (Wildman–Crippen MR) is 71.1 cm³/mol. The van der Waals surface area contributed by atoms with E-state index in [9.17, 15) is 4.79 Å². The molecule has 0 aromatic carbocycles. The van der Waals surface area contributed by atoms with Crippen LogP contribution in [-0.2, 0) is 11.3 Å². The Morgan fingerprint density at radius 1 is 1.39 bits per heavy atom. The number of hydrogen-bond acceptors (Lipinski definition) is 3. The van der Waals surface area contributed by atoms with Crippen LogP contribution in [0.15, 0.2) is 18.3 Å². The third kappa shape index (κ3) is 2.91. The van der Waals surface area contributed by atoms with Gasteiger partial charge in [-0.3, -0.25) is 4.79 Å². The van der Waals surface area contributed by atoms with Crippen molar-refractivity contribution < 1.29 is 4.79 Å². The highest BCUT2D eigenvalue weighted by atomic mass is 16.2. The highest BCUT2D eigenvalue weighted by molar-refractivity contribution is 5.76. The second-order valence-corrected chi connectivity index (χ2v) is 5.03. The Morgan fingerprint density at radius 2 is 2.06 bits per heavy atom. The topological polar surface area (TPSA) is 54.5 Å². The summed E-state index contributed by atoms with van der Waals surface area (Å²) in [5.74, 6) is 0.182. The minimum atomic E-state index is -0.0414. The maximum Gasteiger partial charge on any atom is 0.242 e. The van der Waals surface area contributed by atoms with Gasteiger partial charge in [-0.15, -0.1) is 0 Å². The van der Waals surface area contributed by atoms with Gasteiger partial charge in [-0.2, -0.15) is 0 Å². The van der Waals surface area contributed by atoms with Crippen LogP contribution >= 0.6 is 0 Å². The van der Waals surface area contributed by atoms with Gasteiger partial charge in [-0.1, -0.05) is 0 Å². The molecule has 1 unspecified atom stereocenters. The van der Waals surface area contributed by atoms with Crippen LogP contribution in [-0.4, -0.2) is 53.5 Å². The number of hydrogen-bond donors (Lipinski definition) is 1. The zero-order valence-electron chi connectivity index (χ0n) is 11.2. The molecule has 2 N–H and O–H groups in total. The van der Waals surface area contributed by atoms with Crippen LogP contribution in [0.25, 0.3) is 0 Å². The van der Waals surface area contributed by atoms with Gasteiger partial charge < -0.3 is 20.1 Å². The van der Waals surface area contributed by atoms with Crippen molar-refractivity contribution in [3.63, 3.8) is 0 Å². The Balaban J connectivity index is 1.96. The maximum absolute atomic E-state index is 12.2. The molecule has 0 aliphatic carbocycles. The number of aromatic nitrogens is 1. The molecule has 2 heterocycles. The Hall–Kier alpha value is -1.33. The summed E-state index contributed by atoms with van der Waals surface area (Å²) in [6.07, 6.45) is 1.92. The quantitative estimate of drug-likeness (QED) is 0.838. The molecule has 0 bridgehead atoms. The lowest BCUT2D eigenvalue weighted by atomic mass is 10.2. The highest BCUT2D eigenvalue weighted by Gasteiger charge is 2.19. The van der Waals surface area contributed by atoms with E-state index in [4.69, 9.17) is 5.73 Å². The monoisotopic (exact) mass is 250 g/mol. The van der Waals surface area contributed by atoms with Crippen LogP contribution in [0.1, 0.15) is 18.7 Å². The molecule has 2 rings (SSSR count).